The van der Waals surface area contributed by atoms with Crippen LogP contribution >= 0.6 is 0 Å². The molecule has 0 heterocycles. The van der Waals surface area contributed by atoms with Crippen molar-refractivity contribution in [2.24, 2.45) is 22.2 Å². The molecule has 1 aliphatic rings. The van der Waals surface area contributed by atoms with Gasteiger partial charge in [-0.25, -0.2) is 0 Å². The summed E-state index contributed by atoms with van der Waals surface area (Å²) in [4.78, 5) is 14.4. The summed E-state index contributed by atoms with van der Waals surface area (Å²) in [6, 6.07) is 0.161. The molecule has 0 aromatic carbocycles. The minimum atomic E-state index is -1.01. The highest BCUT2D eigenvalue weighted by Gasteiger charge is 2.41. The molecule has 0 bridgehead atoms. The smallest absolute Gasteiger partial charge is 0.236 e. The Kier molecular flexibility index (Phi) is 5.17. The van der Waals surface area contributed by atoms with Gasteiger partial charge in [-0.1, -0.05) is 5.16 Å². The molecule has 1 fully saturated rings. The predicted octanol–water partition coefficient (Wildman–Crippen LogP) is 1.03. The van der Waals surface area contributed by atoms with Crippen molar-refractivity contribution in [1.82, 2.24) is 4.90 Å². The second-order valence-corrected chi connectivity index (χ2v) is 5.68. The average molecular weight is 271 g/mol. The van der Waals surface area contributed by atoms with Crippen LogP contribution in [0.2, 0.25) is 0 Å². The van der Waals surface area contributed by atoms with E-state index in [2.05, 4.69) is 5.16 Å². The predicted molar refractivity (Wildman–Crippen MR) is 73.0 cm³/mol. The maximum Gasteiger partial charge on any atom is 0.236 e. The number of methoxy groups -OCH3 is 1. The van der Waals surface area contributed by atoms with Gasteiger partial charge in [0.2, 0.25) is 5.91 Å². The topological polar surface area (TPSA) is 88.2 Å². The first-order chi connectivity index (χ1) is 8.86. The minimum absolute atomic E-state index is 0.0667. The van der Waals surface area contributed by atoms with Crippen LogP contribution in [0.25, 0.3) is 0 Å². The highest BCUT2D eigenvalue weighted by atomic mass is 16.5. The Morgan fingerprint density at radius 1 is 1.58 bits per heavy atom. The lowest BCUT2D eigenvalue weighted by atomic mass is 9.89. The van der Waals surface area contributed by atoms with Crippen LogP contribution in [0.4, 0.5) is 0 Å². The highest BCUT2D eigenvalue weighted by Crippen LogP contribution is 2.36. The molecule has 1 aliphatic carbocycles. The van der Waals surface area contributed by atoms with E-state index in [0.29, 0.717) is 19.1 Å². The molecule has 0 spiro atoms. The molecule has 1 amide bonds. The number of oxime groups is 1. The summed E-state index contributed by atoms with van der Waals surface area (Å²) in [5.41, 5.74) is 4.62. The molecule has 0 aromatic rings. The number of carbonyl (C=O) groups is 1. The van der Waals surface area contributed by atoms with Crippen molar-refractivity contribution in [1.29, 1.82) is 0 Å². The van der Waals surface area contributed by atoms with Crippen LogP contribution in [0.3, 0.4) is 0 Å². The second-order valence-electron chi connectivity index (χ2n) is 5.68. The molecule has 19 heavy (non-hydrogen) atoms. The average Bonchev–Trinajstić information content (AvgIpc) is 3.21. The number of amidine groups is 1. The first-order valence-corrected chi connectivity index (χ1v) is 6.64. The number of amides is 1. The summed E-state index contributed by atoms with van der Waals surface area (Å²) in [5.74, 6) is 0.367. The fourth-order valence-electron chi connectivity index (χ4n) is 2.11. The molecular weight excluding hydrogens is 246 g/mol. The molecule has 110 valence electrons. The van der Waals surface area contributed by atoms with E-state index in [1.807, 2.05) is 6.92 Å². The van der Waals surface area contributed by atoms with Gasteiger partial charge in [0.25, 0.3) is 0 Å². The number of hydrogen-bond donors (Lipinski definition) is 2. The number of ether oxygens (including phenoxy) is 1. The molecule has 1 atom stereocenters. The summed E-state index contributed by atoms with van der Waals surface area (Å²) < 4.78 is 5.07. The normalized spacial score (nSPS) is 18.2. The molecule has 1 saturated carbocycles. The molecule has 6 nitrogen and oxygen atoms in total. The van der Waals surface area contributed by atoms with Crippen molar-refractivity contribution in [3.05, 3.63) is 0 Å². The molecular formula is C13H25N3O3. The Balaban J connectivity index is 2.86. The summed E-state index contributed by atoms with van der Waals surface area (Å²) in [5, 5.41) is 11.8. The summed E-state index contributed by atoms with van der Waals surface area (Å²) in [6.07, 6.45) is 2.31. The Hall–Kier alpha value is -1.30. The van der Waals surface area contributed by atoms with E-state index >= 15 is 0 Å². The number of nitrogens with two attached hydrogens (primary N) is 1. The molecule has 0 radical (unpaired) electrons. The van der Waals surface area contributed by atoms with Crippen LogP contribution in [0.15, 0.2) is 5.16 Å². The fraction of sp³-hybridized carbons (Fsp3) is 0.846. The van der Waals surface area contributed by atoms with Crippen molar-refractivity contribution in [2.45, 2.75) is 39.7 Å². The fourth-order valence-corrected chi connectivity index (χ4v) is 2.11. The number of carbonyl (C=O) groups excluding carboxylic acids is 1. The molecule has 0 saturated heterocycles. The van der Waals surface area contributed by atoms with Crippen LogP contribution in [0.1, 0.15) is 33.6 Å². The van der Waals surface area contributed by atoms with Gasteiger partial charge < -0.3 is 20.6 Å². The zero-order chi connectivity index (χ0) is 14.6. The van der Waals surface area contributed by atoms with Gasteiger partial charge in [-0.15, -0.1) is 0 Å². The first kappa shape index (κ1) is 15.8. The molecule has 6 heteroatoms. The van der Waals surface area contributed by atoms with Gasteiger partial charge in [0.05, 0.1) is 6.61 Å². The lowest BCUT2D eigenvalue weighted by Gasteiger charge is -2.35. The summed E-state index contributed by atoms with van der Waals surface area (Å²) in [7, 11) is 1.61. The van der Waals surface area contributed by atoms with Crippen molar-refractivity contribution >= 4 is 11.7 Å². The van der Waals surface area contributed by atoms with E-state index in [9.17, 15) is 4.79 Å². The maximum absolute atomic E-state index is 12.6. The van der Waals surface area contributed by atoms with Gasteiger partial charge in [0.15, 0.2) is 5.84 Å². The van der Waals surface area contributed by atoms with E-state index in [0.717, 1.165) is 12.8 Å². The van der Waals surface area contributed by atoms with Crippen molar-refractivity contribution in [3.8, 4) is 0 Å². The largest absolute Gasteiger partial charge is 0.409 e. The van der Waals surface area contributed by atoms with Gasteiger partial charge in [0, 0.05) is 19.7 Å². The van der Waals surface area contributed by atoms with Crippen molar-refractivity contribution in [2.75, 3.05) is 20.3 Å². The molecule has 0 aromatic heterocycles. The standard InChI is InChI=1S/C13H25N3O3/c1-9(10-5-6-10)16(7-8-19-4)12(17)13(2,3)11(14)15-18/h9-10,18H,5-8H2,1-4H3,(H2,14,15). The van der Waals surface area contributed by atoms with Gasteiger partial charge >= 0.3 is 0 Å². The van der Waals surface area contributed by atoms with Crippen LogP contribution in [0.5, 0.6) is 0 Å². The summed E-state index contributed by atoms with van der Waals surface area (Å²) in [6.45, 7) is 6.39. The van der Waals surface area contributed by atoms with Crippen LogP contribution < -0.4 is 5.73 Å². The minimum Gasteiger partial charge on any atom is -0.409 e. The zero-order valence-electron chi connectivity index (χ0n) is 12.2. The molecule has 1 rings (SSSR count). The lowest BCUT2D eigenvalue weighted by Crippen LogP contribution is -2.52. The van der Waals surface area contributed by atoms with Crippen LogP contribution in [0, 0.1) is 11.3 Å². The third-order valence-corrected chi connectivity index (χ3v) is 3.88. The Morgan fingerprint density at radius 3 is 2.58 bits per heavy atom. The van der Waals surface area contributed by atoms with Gasteiger partial charge in [-0.2, -0.15) is 0 Å². The monoisotopic (exact) mass is 271 g/mol. The highest BCUT2D eigenvalue weighted by molar-refractivity contribution is 6.06. The van der Waals surface area contributed by atoms with E-state index in [1.165, 1.54) is 0 Å². The van der Waals surface area contributed by atoms with E-state index in [4.69, 9.17) is 15.7 Å². The lowest BCUT2D eigenvalue weighted by molar-refractivity contribution is -0.140. The van der Waals surface area contributed by atoms with E-state index in [-0.39, 0.29) is 17.8 Å². The van der Waals surface area contributed by atoms with Crippen LogP contribution in [-0.4, -0.2) is 48.2 Å². The van der Waals surface area contributed by atoms with E-state index < -0.39 is 5.41 Å². The summed E-state index contributed by atoms with van der Waals surface area (Å²) >= 11 is 0. The molecule has 3 N–H and O–H groups in total. The van der Waals surface area contributed by atoms with Gasteiger partial charge in [-0.05, 0) is 39.5 Å². The quantitative estimate of drug-likeness (QED) is 0.313. The molecule has 1 unspecified atom stereocenters. The second kappa shape index (κ2) is 6.23. The number of nitrogens with zero attached hydrogens (tertiary/aromatic N) is 2. The van der Waals surface area contributed by atoms with Crippen LogP contribution in [-0.2, 0) is 9.53 Å². The number of hydrogen-bond acceptors (Lipinski definition) is 4. The van der Waals surface area contributed by atoms with Gasteiger partial charge in [-0.3, -0.25) is 4.79 Å². The third-order valence-electron chi connectivity index (χ3n) is 3.88. The maximum atomic E-state index is 12.6. The Bertz CT molecular complexity index is 351. The first-order valence-electron chi connectivity index (χ1n) is 6.64. The SMILES string of the molecule is COCCN(C(=O)C(C)(C)C(N)=NO)C(C)C1CC1. The van der Waals surface area contributed by atoms with E-state index in [1.54, 1.807) is 25.9 Å². The molecule has 0 aliphatic heterocycles. The third kappa shape index (κ3) is 3.59. The Morgan fingerprint density at radius 2 is 2.16 bits per heavy atom. The van der Waals surface area contributed by atoms with Gasteiger partial charge in [0.1, 0.15) is 5.41 Å². The zero-order valence-corrected chi connectivity index (χ0v) is 12.2. The number of rotatable bonds is 7. The van der Waals surface area contributed by atoms with Crippen molar-refractivity contribution < 1.29 is 14.7 Å². The van der Waals surface area contributed by atoms with Crippen molar-refractivity contribution in [3.63, 3.8) is 0 Å². The Labute approximate surface area is 114 Å².